The summed E-state index contributed by atoms with van der Waals surface area (Å²) in [5.74, 6) is -1.40. The molecule has 3 aromatic carbocycles. The molecule has 4 rings (SSSR count). The standard InChI is InChI=1S/C27H24N2O5/c1-17(26(31)32)14-15-28-25(30)18-10-12-19(13-11-18)29-27(33)34-16-24-22-8-4-2-6-20(22)21-7-3-5-9-23(21)24/h2-14,24H,15-16H2,1H3,(H,28,30)(H,29,33)(H,31,32)/b17-14+. The molecule has 0 saturated heterocycles. The molecule has 1 aliphatic rings. The van der Waals surface area contributed by atoms with Crippen molar-refractivity contribution in [1.82, 2.24) is 5.32 Å². The first-order valence-electron chi connectivity index (χ1n) is 10.8. The van der Waals surface area contributed by atoms with Crippen LogP contribution in [0.15, 0.2) is 84.4 Å². The number of hydrogen-bond donors (Lipinski definition) is 3. The molecule has 0 heterocycles. The summed E-state index contributed by atoms with van der Waals surface area (Å²) in [6.07, 6.45) is 0.848. The van der Waals surface area contributed by atoms with Gasteiger partial charge in [0.15, 0.2) is 0 Å². The summed E-state index contributed by atoms with van der Waals surface area (Å²) in [5.41, 5.74) is 5.64. The van der Waals surface area contributed by atoms with Crippen molar-refractivity contribution < 1.29 is 24.2 Å². The van der Waals surface area contributed by atoms with Gasteiger partial charge >= 0.3 is 12.1 Å². The van der Waals surface area contributed by atoms with E-state index in [-0.39, 0.29) is 30.5 Å². The summed E-state index contributed by atoms with van der Waals surface area (Å²) >= 11 is 0. The number of amides is 2. The Morgan fingerprint density at radius 3 is 2.09 bits per heavy atom. The normalized spacial score (nSPS) is 12.4. The molecule has 0 aliphatic heterocycles. The van der Waals surface area contributed by atoms with E-state index in [9.17, 15) is 14.4 Å². The molecule has 0 aromatic heterocycles. The lowest BCUT2D eigenvalue weighted by atomic mass is 9.98. The Hall–Kier alpha value is -4.39. The zero-order chi connectivity index (χ0) is 24.1. The Kier molecular flexibility index (Phi) is 6.73. The van der Waals surface area contributed by atoms with Crippen molar-refractivity contribution in [3.63, 3.8) is 0 Å². The molecule has 0 atom stereocenters. The van der Waals surface area contributed by atoms with Gasteiger partial charge in [0, 0.05) is 29.3 Å². The highest BCUT2D eigenvalue weighted by Crippen LogP contribution is 2.44. The zero-order valence-electron chi connectivity index (χ0n) is 18.6. The molecule has 3 N–H and O–H groups in total. The molecule has 7 nitrogen and oxygen atoms in total. The SMILES string of the molecule is C/C(=C\CNC(=O)c1ccc(NC(=O)OCC2c3ccccc3-c3ccccc32)cc1)C(=O)O. The highest BCUT2D eigenvalue weighted by atomic mass is 16.5. The monoisotopic (exact) mass is 456 g/mol. The average molecular weight is 456 g/mol. The minimum atomic E-state index is -1.03. The van der Waals surface area contributed by atoms with Crippen LogP contribution < -0.4 is 10.6 Å². The smallest absolute Gasteiger partial charge is 0.411 e. The van der Waals surface area contributed by atoms with Gasteiger partial charge < -0.3 is 15.2 Å². The number of rotatable bonds is 7. The number of hydrogen-bond acceptors (Lipinski definition) is 4. The van der Waals surface area contributed by atoms with Crippen molar-refractivity contribution in [1.29, 1.82) is 0 Å². The fraction of sp³-hybridized carbons (Fsp3) is 0.148. The second-order valence-electron chi connectivity index (χ2n) is 7.93. The van der Waals surface area contributed by atoms with E-state index in [2.05, 4.69) is 34.9 Å². The lowest BCUT2D eigenvalue weighted by Crippen LogP contribution is -2.24. The van der Waals surface area contributed by atoms with E-state index in [4.69, 9.17) is 9.84 Å². The molecule has 172 valence electrons. The molecule has 3 aromatic rings. The third kappa shape index (κ3) is 4.99. The van der Waals surface area contributed by atoms with E-state index in [1.807, 2.05) is 24.3 Å². The maximum atomic E-state index is 12.4. The van der Waals surface area contributed by atoms with Crippen molar-refractivity contribution in [2.75, 3.05) is 18.5 Å². The van der Waals surface area contributed by atoms with Crippen molar-refractivity contribution in [2.45, 2.75) is 12.8 Å². The lowest BCUT2D eigenvalue weighted by Gasteiger charge is -2.14. The fourth-order valence-electron chi connectivity index (χ4n) is 3.94. The zero-order valence-corrected chi connectivity index (χ0v) is 18.6. The molecule has 0 saturated carbocycles. The van der Waals surface area contributed by atoms with Crippen LogP contribution in [0.4, 0.5) is 10.5 Å². The average Bonchev–Trinajstić information content (AvgIpc) is 3.16. The van der Waals surface area contributed by atoms with E-state index in [1.54, 1.807) is 24.3 Å². The number of carboxylic acids is 1. The van der Waals surface area contributed by atoms with E-state index < -0.39 is 12.1 Å². The molecule has 0 bridgehead atoms. The molecule has 0 fully saturated rings. The van der Waals surface area contributed by atoms with Gasteiger partial charge in [-0.15, -0.1) is 0 Å². The predicted octanol–water partition coefficient (Wildman–Crippen LogP) is 4.81. The van der Waals surface area contributed by atoms with Gasteiger partial charge in [0.2, 0.25) is 0 Å². The van der Waals surface area contributed by atoms with Crippen LogP contribution in [0.2, 0.25) is 0 Å². The topological polar surface area (TPSA) is 105 Å². The van der Waals surface area contributed by atoms with E-state index >= 15 is 0 Å². The number of nitrogens with one attached hydrogen (secondary N) is 2. The van der Waals surface area contributed by atoms with E-state index in [0.717, 1.165) is 22.3 Å². The first kappa shape index (κ1) is 22.8. The molecular weight excluding hydrogens is 432 g/mol. The van der Waals surface area contributed by atoms with Crippen LogP contribution in [0.25, 0.3) is 11.1 Å². The molecule has 34 heavy (non-hydrogen) atoms. The number of ether oxygens (including phenoxy) is 1. The Bertz CT molecular complexity index is 1220. The van der Waals surface area contributed by atoms with Gasteiger partial charge in [-0.2, -0.15) is 0 Å². The maximum Gasteiger partial charge on any atom is 0.411 e. The van der Waals surface area contributed by atoms with Crippen LogP contribution in [0.3, 0.4) is 0 Å². The highest BCUT2D eigenvalue weighted by molar-refractivity contribution is 5.95. The minimum Gasteiger partial charge on any atom is -0.478 e. The Labute approximate surface area is 197 Å². The molecule has 1 aliphatic carbocycles. The summed E-state index contributed by atoms with van der Waals surface area (Å²) in [5, 5.41) is 14.1. The van der Waals surface area contributed by atoms with Crippen molar-refractivity contribution in [2.24, 2.45) is 0 Å². The number of carbonyl (C=O) groups excluding carboxylic acids is 2. The molecule has 0 spiro atoms. The predicted molar refractivity (Wildman–Crippen MR) is 129 cm³/mol. The lowest BCUT2D eigenvalue weighted by molar-refractivity contribution is -0.132. The first-order valence-corrected chi connectivity index (χ1v) is 10.8. The Balaban J connectivity index is 1.32. The van der Waals surface area contributed by atoms with Crippen LogP contribution in [0.1, 0.15) is 34.3 Å². The number of benzene rings is 3. The second kappa shape index (κ2) is 10.0. The molecule has 7 heteroatoms. The number of carbonyl (C=O) groups is 3. The molecule has 0 radical (unpaired) electrons. The van der Waals surface area contributed by atoms with Crippen molar-refractivity contribution in [3.05, 3.63) is 101 Å². The summed E-state index contributed by atoms with van der Waals surface area (Å²) in [7, 11) is 0. The van der Waals surface area contributed by atoms with Crippen LogP contribution in [-0.2, 0) is 9.53 Å². The first-order chi connectivity index (χ1) is 16.4. The van der Waals surface area contributed by atoms with E-state index in [1.165, 1.54) is 13.0 Å². The van der Waals surface area contributed by atoms with Gasteiger partial charge in [0.25, 0.3) is 5.91 Å². The van der Waals surface area contributed by atoms with Crippen molar-refractivity contribution in [3.8, 4) is 11.1 Å². The third-order valence-electron chi connectivity index (χ3n) is 5.75. The summed E-state index contributed by atoms with van der Waals surface area (Å²) < 4.78 is 5.53. The van der Waals surface area contributed by atoms with Gasteiger partial charge in [-0.1, -0.05) is 54.6 Å². The largest absolute Gasteiger partial charge is 0.478 e. The number of anilines is 1. The number of carboxylic acid groups (broad SMARTS) is 1. The van der Waals surface area contributed by atoms with Crippen LogP contribution in [0, 0.1) is 0 Å². The fourth-order valence-corrected chi connectivity index (χ4v) is 3.94. The van der Waals surface area contributed by atoms with Crippen LogP contribution in [0.5, 0.6) is 0 Å². The number of fused-ring (bicyclic) bond motifs is 3. The Morgan fingerprint density at radius 2 is 1.50 bits per heavy atom. The number of aliphatic carboxylic acids is 1. The van der Waals surface area contributed by atoms with Crippen molar-refractivity contribution >= 4 is 23.7 Å². The Morgan fingerprint density at radius 1 is 0.912 bits per heavy atom. The van der Waals surface area contributed by atoms with Gasteiger partial charge in [-0.05, 0) is 53.4 Å². The molecular formula is C27H24N2O5. The van der Waals surface area contributed by atoms with Crippen LogP contribution >= 0.6 is 0 Å². The summed E-state index contributed by atoms with van der Waals surface area (Å²) in [6.45, 7) is 1.78. The van der Waals surface area contributed by atoms with Gasteiger partial charge in [0.05, 0.1) is 0 Å². The quantitative estimate of drug-likeness (QED) is 0.443. The molecule has 2 amide bonds. The highest BCUT2D eigenvalue weighted by Gasteiger charge is 2.29. The maximum absolute atomic E-state index is 12.4. The van der Waals surface area contributed by atoms with Gasteiger partial charge in [-0.25, -0.2) is 9.59 Å². The van der Waals surface area contributed by atoms with Gasteiger partial charge in [0.1, 0.15) is 6.61 Å². The molecule has 0 unspecified atom stereocenters. The third-order valence-corrected chi connectivity index (χ3v) is 5.75. The van der Waals surface area contributed by atoms with Crippen LogP contribution in [-0.4, -0.2) is 36.2 Å². The van der Waals surface area contributed by atoms with E-state index in [0.29, 0.717) is 11.3 Å². The van der Waals surface area contributed by atoms with Gasteiger partial charge in [-0.3, -0.25) is 10.1 Å². The summed E-state index contributed by atoms with van der Waals surface area (Å²) in [6, 6.07) is 22.6. The minimum absolute atomic E-state index is 0.0250. The summed E-state index contributed by atoms with van der Waals surface area (Å²) in [4.78, 5) is 35.4. The second-order valence-corrected chi connectivity index (χ2v) is 7.93.